The molecule has 16 nitrogen and oxygen atoms in total. The fourth-order valence-corrected chi connectivity index (χ4v) is 4.01. The van der Waals surface area contributed by atoms with Crippen LogP contribution in [-0.2, 0) is 57.9 Å². The molecule has 1 aromatic heterocycles. The first kappa shape index (κ1) is 36.6. The SMILES string of the molecule is COCn1nnnc1CC[C@H](NC(=O)OCc1ccccc1)C(=O)N[C@H](C(=O)N[C@@H](CC(=O)OC(C)(C)C)C(=O)OC)C(C)C. The molecule has 0 spiro atoms. The molecular weight excluding hydrogens is 590 g/mol. The van der Waals surface area contributed by atoms with Gasteiger partial charge in [-0.3, -0.25) is 14.4 Å². The van der Waals surface area contributed by atoms with Crippen molar-refractivity contribution >= 4 is 29.8 Å². The zero-order chi connectivity index (χ0) is 33.6. The summed E-state index contributed by atoms with van der Waals surface area (Å²) in [5, 5.41) is 19.1. The maximum Gasteiger partial charge on any atom is 0.408 e. The lowest BCUT2D eigenvalue weighted by molar-refractivity contribution is -0.159. The predicted octanol–water partition coefficient (Wildman–Crippen LogP) is 1.04. The van der Waals surface area contributed by atoms with Crippen LogP contribution in [-0.4, -0.2) is 88.0 Å². The summed E-state index contributed by atoms with van der Waals surface area (Å²) >= 11 is 0. The number of nitrogens with zero attached hydrogens (tertiary/aromatic N) is 4. The second kappa shape index (κ2) is 17.6. The van der Waals surface area contributed by atoms with E-state index < -0.39 is 65.9 Å². The van der Waals surface area contributed by atoms with Gasteiger partial charge in [0.15, 0.2) is 5.82 Å². The molecule has 3 atom stereocenters. The standard InChI is InChI=1S/C29H43N7O9/c1-18(2)24(26(39)30-21(27(40)43-7)15-23(37)45-29(3,4)5)32-25(38)20(13-14-22-33-34-35-36(22)17-42-6)31-28(41)44-16-19-11-9-8-10-12-19/h8-12,18,20-21,24H,13-17H2,1-7H3,(H,30,39)(H,31,41)(H,32,38)/t20-,21-,24-/m0/s1. The highest BCUT2D eigenvalue weighted by Crippen LogP contribution is 2.12. The maximum atomic E-state index is 13.5. The molecular formula is C29H43N7O9. The van der Waals surface area contributed by atoms with E-state index in [-0.39, 0.29) is 26.2 Å². The van der Waals surface area contributed by atoms with E-state index in [1.165, 1.54) is 11.8 Å². The molecule has 0 unspecified atom stereocenters. The number of alkyl carbamates (subject to hydrolysis) is 1. The molecule has 0 fully saturated rings. The first-order valence-electron chi connectivity index (χ1n) is 14.4. The van der Waals surface area contributed by atoms with E-state index >= 15 is 0 Å². The van der Waals surface area contributed by atoms with Crippen molar-refractivity contribution in [2.24, 2.45) is 5.92 Å². The van der Waals surface area contributed by atoms with Gasteiger partial charge in [0.1, 0.15) is 37.1 Å². The summed E-state index contributed by atoms with van der Waals surface area (Å²) in [5.41, 5.74) is -0.0664. The number of rotatable bonds is 16. The highest BCUT2D eigenvalue weighted by Gasteiger charge is 2.34. The minimum absolute atomic E-state index is 0.0311. The molecule has 0 bridgehead atoms. The maximum absolute atomic E-state index is 13.5. The van der Waals surface area contributed by atoms with Crippen molar-refractivity contribution in [2.75, 3.05) is 14.2 Å². The first-order valence-corrected chi connectivity index (χ1v) is 14.4. The van der Waals surface area contributed by atoms with Crippen molar-refractivity contribution in [3.05, 3.63) is 41.7 Å². The van der Waals surface area contributed by atoms with Gasteiger partial charge in [-0.25, -0.2) is 14.3 Å². The van der Waals surface area contributed by atoms with E-state index in [1.807, 2.05) is 6.07 Å². The number of benzene rings is 1. The molecule has 0 radical (unpaired) electrons. The average molecular weight is 634 g/mol. The van der Waals surface area contributed by atoms with E-state index in [0.29, 0.717) is 5.82 Å². The van der Waals surface area contributed by atoms with Crippen LogP contribution in [0.5, 0.6) is 0 Å². The van der Waals surface area contributed by atoms with Gasteiger partial charge in [0.2, 0.25) is 11.8 Å². The van der Waals surface area contributed by atoms with Crippen LogP contribution in [0.3, 0.4) is 0 Å². The third-order valence-corrected chi connectivity index (χ3v) is 6.18. The Morgan fingerprint density at radius 2 is 1.62 bits per heavy atom. The fourth-order valence-electron chi connectivity index (χ4n) is 4.01. The lowest BCUT2D eigenvalue weighted by Crippen LogP contribution is -2.57. The van der Waals surface area contributed by atoms with Gasteiger partial charge in [-0.2, -0.15) is 0 Å². The summed E-state index contributed by atoms with van der Waals surface area (Å²) < 4.78 is 21.8. The first-order chi connectivity index (χ1) is 21.2. The summed E-state index contributed by atoms with van der Waals surface area (Å²) in [5.74, 6) is -3.10. The Hall–Kier alpha value is -4.60. The summed E-state index contributed by atoms with van der Waals surface area (Å²) in [4.78, 5) is 64.4. The highest BCUT2D eigenvalue weighted by molar-refractivity contribution is 5.94. The largest absolute Gasteiger partial charge is 0.467 e. The molecule has 0 aliphatic heterocycles. The fraction of sp³-hybridized carbons (Fsp3) is 0.586. The van der Waals surface area contributed by atoms with Crippen molar-refractivity contribution in [1.29, 1.82) is 0 Å². The number of ether oxygens (including phenoxy) is 4. The van der Waals surface area contributed by atoms with Crippen LogP contribution in [0.25, 0.3) is 0 Å². The van der Waals surface area contributed by atoms with Crippen molar-refractivity contribution in [1.82, 2.24) is 36.2 Å². The molecule has 3 N–H and O–H groups in total. The van der Waals surface area contributed by atoms with E-state index in [4.69, 9.17) is 18.9 Å². The Bertz CT molecular complexity index is 1280. The summed E-state index contributed by atoms with van der Waals surface area (Å²) in [7, 11) is 2.59. The Morgan fingerprint density at radius 1 is 0.933 bits per heavy atom. The summed E-state index contributed by atoms with van der Waals surface area (Å²) in [6.45, 7) is 8.41. The topological polar surface area (TPSA) is 202 Å². The molecule has 0 aliphatic carbocycles. The molecule has 1 aromatic carbocycles. The van der Waals surface area contributed by atoms with Crippen LogP contribution >= 0.6 is 0 Å². The summed E-state index contributed by atoms with van der Waals surface area (Å²) in [6, 6.07) is 5.29. The smallest absolute Gasteiger partial charge is 0.408 e. The second-order valence-electron chi connectivity index (χ2n) is 11.4. The Labute approximate surface area is 261 Å². The van der Waals surface area contributed by atoms with Gasteiger partial charge in [-0.1, -0.05) is 44.2 Å². The Balaban J connectivity index is 2.19. The van der Waals surface area contributed by atoms with Crippen molar-refractivity contribution in [2.45, 2.75) is 90.9 Å². The lowest BCUT2D eigenvalue weighted by Gasteiger charge is -2.27. The Morgan fingerprint density at radius 3 is 2.22 bits per heavy atom. The normalized spacial score (nSPS) is 13.2. The van der Waals surface area contributed by atoms with E-state index in [9.17, 15) is 24.0 Å². The molecule has 3 amide bonds. The number of tetrazole rings is 1. The number of hydrogen-bond acceptors (Lipinski definition) is 12. The van der Waals surface area contributed by atoms with Gasteiger partial charge in [0.25, 0.3) is 0 Å². The number of nitrogens with one attached hydrogen (secondary N) is 3. The van der Waals surface area contributed by atoms with Gasteiger partial charge in [0.05, 0.1) is 13.5 Å². The molecule has 2 aromatic rings. The van der Waals surface area contributed by atoms with Crippen molar-refractivity contribution < 1.29 is 42.9 Å². The number of aryl methyl sites for hydroxylation is 1. The molecule has 1 heterocycles. The molecule has 248 valence electrons. The monoisotopic (exact) mass is 633 g/mol. The Kier molecular flexibility index (Phi) is 14.3. The second-order valence-corrected chi connectivity index (χ2v) is 11.4. The van der Waals surface area contributed by atoms with Gasteiger partial charge in [-0.05, 0) is 49.1 Å². The number of hydrogen-bond donors (Lipinski definition) is 3. The van der Waals surface area contributed by atoms with Gasteiger partial charge >= 0.3 is 18.0 Å². The van der Waals surface area contributed by atoms with E-state index in [0.717, 1.165) is 12.7 Å². The third-order valence-electron chi connectivity index (χ3n) is 6.18. The summed E-state index contributed by atoms with van der Waals surface area (Å²) in [6.07, 6.45) is -1.15. The molecule has 45 heavy (non-hydrogen) atoms. The lowest BCUT2D eigenvalue weighted by atomic mass is 10.0. The minimum atomic E-state index is -1.36. The minimum Gasteiger partial charge on any atom is -0.467 e. The molecule has 2 rings (SSSR count). The quantitative estimate of drug-likeness (QED) is 0.175. The van der Waals surface area contributed by atoms with Crippen LogP contribution in [0.15, 0.2) is 30.3 Å². The van der Waals surface area contributed by atoms with Crippen molar-refractivity contribution in [3.63, 3.8) is 0 Å². The third kappa shape index (κ3) is 12.9. The number of amides is 3. The van der Waals surface area contributed by atoms with Gasteiger partial charge < -0.3 is 34.9 Å². The van der Waals surface area contributed by atoms with Crippen LogP contribution in [0, 0.1) is 5.92 Å². The van der Waals surface area contributed by atoms with Crippen LogP contribution < -0.4 is 16.0 Å². The molecule has 16 heteroatoms. The highest BCUT2D eigenvalue weighted by atomic mass is 16.6. The zero-order valence-electron chi connectivity index (χ0n) is 26.7. The van der Waals surface area contributed by atoms with Crippen molar-refractivity contribution in [3.8, 4) is 0 Å². The van der Waals surface area contributed by atoms with E-state index in [1.54, 1.807) is 58.9 Å². The van der Waals surface area contributed by atoms with Gasteiger partial charge in [0, 0.05) is 13.5 Å². The number of esters is 2. The zero-order valence-corrected chi connectivity index (χ0v) is 26.7. The number of methoxy groups -OCH3 is 2. The number of carbonyl (C=O) groups excluding carboxylic acids is 5. The van der Waals surface area contributed by atoms with E-state index in [2.05, 4.69) is 31.5 Å². The number of carbonyl (C=O) groups is 5. The number of aromatic nitrogens is 4. The average Bonchev–Trinajstić information content (AvgIpc) is 3.42. The van der Waals surface area contributed by atoms with Gasteiger partial charge in [-0.15, -0.1) is 5.10 Å². The van der Waals surface area contributed by atoms with Crippen LogP contribution in [0.1, 0.15) is 58.8 Å². The predicted molar refractivity (Wildman–Crippen MR) is 158 cm³/mol. The molecule has 0 aliphatic rings. The van der Waals surface area contributed by atoms with Crippen LogP contribution in [0.4, 0.5) is 4.79 Å². The molecule has 0 saturated carbocycles. The van der Waals surface area contributed by atoms with Crippen LogP contribution in [0.2, 0.25) is 0 Å². The molecule has 0 saturated heterocycles.